The summed E-state index contributed by atoms with van der Waals surface area (Å²) in [6, 6.07) is 14.0. The van der Waals surface area contributed by atoms with E-state index in [1.807, 2.05) is 35.9 Å². The van der Waals surface area contributed by atoms with Gasteiger partial charge in [-0.2, -0.15) is 4.98 Å². The second-order valence-electron chi connectivity index (χ2n) is 6.62. The van der Waals surface area contributed by atoms with Crippen molar-refractivity contribution in [1.29, 1.82) is 0 Å². The van der Waals surface area contributed by atoms with Gasteiger partial charge in [-0.3, -0.25) is 20.4 Å². The predicted molar refractivity (Wildman–Crippen MR) is 108 cm³/mol. The zero-order chi connectivity index (χ0) is 21.1. The van der Waals surface area contributed by atoms with Gasteiger partial charge in [-0.1, -0.05) is 23.4 Å². The van der Waals surface area contributed by atoms with Crippen molar-refractivity contribution in [3.05, 3.63) is 77.6 Å². The molecular weight excluding hydrogens is 386 g/mol. The number of benzene rings is 2. The maximum Gasteiger partial charge on any atom is 0.271 e. The number of rotatable bonds is 5. The lowest BCUT2D eigenvalue weighted by Gasteiger charge is -2.08. The highest BCUT2D eigenvalue weighted by molar-refractivity contribution is 6.07. The third-order valence-electron chi connectivity index (χ3n) is 4.49. The Morgan fingerprint density at radius 2 is 1.80 bits per heavy atom. The normalized spacial score (nSPS) is 10.7. The van der Waals surface area contributed by atoms with Crippen molar-refractivity contribution < 1.29 is 18.8 Å². The van der Waals surface area contributed by atoms with Gasteiger partial charge in [0.05, 0.1) is 5.56 Å². The number of fused-ring (bicyclic) bond motifs is 1. The standard InChI is InChI=1S/C21H19N5O4/c1-13-22-19(25-30-13)12-29-15-9-7-14(8-10-15)20(27)23-24-21(28)17-11-26(2)18-6-4-3-5-16(17)18/h3-11H,12H2,1-2H3,(H,23,27)(H,24,28). The first-order chi connectivity index (χ1) is 14.5. The summed E-state index contributed by atoms with van der Waals surface area (Å²) in [4.78, 5) is 28.9. The van der Waals surface area contributed by atoms with Gasteiger partial charge in [0.1, 0.15) is 5.75 Å². The Morgan fingerprint density at radius 1 is 1.07 bits per heavy atom. The van der Waals surface area contributed by atoms with Gasteiger partial charge in [-0.25, -0.2) is 0 Å². The van der Waals surface area contributed by atoms with Crippen LogP contribution in [0, 0.1) is 6.92 Å². The molecule has 2 amide bonds. The summed E-state index contributed by atoms with van der Waals surface area (Å²) in [6.45, 7) is 1.85. The molecule has 0 aliphatic rings. The number of carbonyl (C=O) groups excluding carboxylic acids is 2. The van der Waals surface area contributed by atoms with Crippen molar-refractivity contribution in [3.63, 3.8) is 0 Å². The molecule has 0 saturated carbocycles. The average Bonchev–Trinajstić information content (AvgIpc) is 3.34. The van der Waals surface area contributed by atoms with Crippen LogP contribution in [0.15, 0.2) is 59.3 Å². The van der Waals surface area contributed by atoms with Crippen LogP contribution in [0.4, 0.5) is 0 Å². The van der Waals surface area contributed by atoms with E-state index in [2.05, 4.69) is 21.0 Å². The lowest BCUT2D eigenvalue weighted by Crippen LogP contribution is -2.41. The molecule has 2 N–H and O–H groups in total. The van der Waals surface area contributed by atoms with Crippen LogP contribution in [0.3, 0.4) is 0 Å². The van der Waals surface area contributed by atoms with Gasteiger partial charge in [-0.15, -0.1) is 0 Å². The molecule has 152 valence electrons. The topological polar surface area (TPSA) is 111 Å². The number of nitrogens with zero attached hydrogens (tertiary/aromatic N) is 3. The molecule has 0 saturated heterocycles. The molecule has 0 bridgehead atoms. The van der Waals surface area contributed by atoms with Crippen LogP contribution in [-0.4, -0.2) is 26.5 Å². The molecule has 30 heavy (non-hydrogen) atoms. The molecule has 0 aliphatic carbocycles. The minimum absolute atomic E-state index is 0.157. The quantitative estimate of drug-likeness (QED) is 0.494. The summed E-state index contributed by atoms with van der Waals surface area (Å²) < 4.78 is 12.3. The third kappa shape index (κ3) is 4.00. The van der Waals surface area contributed by atoms with E-state index in [4.69, 9.17) is 9.26 Å². The molecule has 0 fully saturated rings. The van der Waals surface area contributed by atoms with Crippen LogP contribution in [-0.2, 0) is 13.7 Å². The van der Waals surface area contributed by atoms with Gasteiger partial charge in [0, 0.05) is 36.6 Å². The van der Waals surface area contributed by atoms with E-state index in [0.29, 0.717) is 28.6 Å². The molecule has 4 rings (SSSR count). The second kappa shape index (κ2) is 8.08. The zero-order valence-electron chi connectivity index (χ0n) is 16.4. The van der Waals surface area contributed by atoms with Crippen LogP contribution in [0.2, 0.25) is 0 Å². The van der Waals surface area contributed by atoms with Crippen molar-refractivity contribution in [2.45, 2.75) is 13.5 Å². The number of ether oxygens (including phenoxy) is 1. The smallest absolute Gasteiger partial charge is 0.271 e. The summed E-state index contributed by atoms with van der Waals surface area (Å²) in [5.41, 5.74) is 6.67. The van der Waals surface area contributed by atoms with Crippen molar-refractivity contribution in [1.82, 2.24) is 25.6 Å². The molecule has 4 aromatic rings. The van der Waals surface area contributed by atoms with E-state index >= 15 is 0 Å². The highest BCUT2D eigenvalue weighted by Gasteiger charge is 2.15. The molecule has 0 atom stereocenters. The Bertz CT molecular complexity index is 1210. The van der Waals surface area contributed by atoms with E-state index in [9.17, 15) is 9.59 Å². The minimum atomic E-state index is -0.441. The predicted octanol–water partition coefficient (Wildman–Crippen LogP) is 2.52. The van der Waals surface area contributed by atoms with Crippen LogP contribution < -0.4 is 15.6 Å². The van der Waals surface area contributed by atoms with E-state index < -0.39 is 11.8 Å². The maximum absolute atomic E-state index is 12.5. The summed E-state index contributed by atoms with van der Waals surface area (Å²) in [5, 5.41) is 4.56. The highest BCUT2D eigenvalue weighted by Crippen LogP contribution is 2.20. The summed E-state index contributed by atoms with van der Waals surface area (Å²) in [7, 11) is 1.86. The number of carbonyl (C=O) groups is 2. The fourth-order valence-electron chi connectivity index (χ4n) is 3.03. The molecule has 0 radical (unpaired) electrons. The van der Waals surface area contributed by atoms with Crippen LogP contribution >= 0.6 is 0 Å². The average molecular weight is 405 g/mol. The molecular formula is C21H19N5O4. The van der Waals surface area contributed by atoms with Gasteiger partial charge in [0.25, 0.3) is 11.8 Å². The minimum Gasteiger partial charge on any atom is -0.485 e. The summed E-state index contributed by atoms with van der Waals surface area (Å²) in [6.07, 6.45) is 1.73. The fraction of sp³-hybridized carbons (Fsp3) is 0.143. The second-order valence-corrected chi connectivity index (χ2v) is 6.62. The van der Waals surface area contributed by atoms with Crippen molar-refractivity contribution in [3.8, 4) is 5.75 Å². The fourth-order valence-corrected chi connectivity index (χ4v) is 3.03. The number of para-hydroxylation sites is 1. The number of aryl methyl sites for hydroxylation is 2. The first kappa shape index (κ1) is 19.2. The number of hydrogen-bond donors (Lipinski definition) is 2. The summed E-state index contributed by atoms with van der Waals surface area (Å²) >= 11 is 0. The highest BCUT2D eigenvalue weighted by atomic mass is 16.5. The van der Waals surface area contributed by atoms with Gasteiger partial charge in [-0.05, 0) is 30.3 Å². The Morgan fingerprint density at radius 3 is 2.53 bits per heavy atom. The van der Waals surface area contributed by atoms with Gasteiger partial charge >= 0.3 is 0 Å². The van der Waals surface area contributed by atoms with E-state index in [-0.39, 0.29) is 6.61 Å². The largest absolute Gasteiger partial charge is 0.485 e. The molecule has 0 unspecified atom stereocenters. The Hall–Kier alpha value is -4.14. The Kier molecular flexibility index (Phi) is 5.17. The number of hydrogen-bond acceptors (Lipinski definition) is 6. The number of nitrogens with one attached hydrogen (secondary N) is 2. The SMILES string of the molecule is Cc1nc(COc2ccc(C(=O)NNC(=O)c3cn(C)c4ccccc34)cc2)no1. The number of hydrazine groups is 1. The van der Waals surface area contributed by atoms with E-state index in [0.717, 1.165) is 10.9 Å². The summed E-state index contributed by atoms with van der Waals surface area (Å²) in [5.74, 6) is 0.616. The third-order valence-corrected chi connectivity index (χ3v) is 4.49. The van der Waals surface area contributed by atoms with Crippen LogP contribution in [0.5, 0.6) is 5.75 Å². The Balaban J connectivity index is 1.35. The van der Waals surface area contributed by atoms with Crippen LogP contribution in [0.1, 0.15) is 32.4 Å². The van der Waals surface area contributed by atoms with Crippen molar-refractivity contribution >= 4 is 22.7 Å². The first-order valence-electron chi connectivity index (χ1n) is 9.18. The maximum atomic E-state index is 12.5. The first-order valence-corrected chi connectivity index (χ1v) is 9.18. The zero-order valence-corrected chi connectivity index (χ0v) is 16.4. The Labute approximate surface area is 171 Å². The monoisotopic (exact) mass is 405 g/mol. The lowest BCUT2D eigenvalue weighted by molar-refractivity contribution is 0.0847. The van der Waals surface area contributed by atoms with E-state index in [1.54, 1.807) is 37.4 Å². The number of amides is 2. The molecule has 0 aliphatic heterocycles. The van der Waals surface area contributed by atoms with Crippen molar-refractivity contribution in [2.24, 2.45) is 7.05 Å². The van der Waals surface area contributed by atoms with E-state index in [1.165, 1.54) is 0 Å². The van der Waals surface area contributed by atoms with Crippen LogP contribution in [0.25, 0.3) is 10.9 Å². The number of aromatic nitrogens is 3. The molecule has 2 aromatic carbocycles. The molecule has 0 spiro atoms. The molecule has 9 heteroatoms. The molecule has 9 nitrogen and oxygen atoms in total. The van der Waals surface area contributed by atoms with Gasteiger partial charge < -0.3 is 13.8 Å². The lowest BCUT2D eigenvalue weighted by atomic mass is 10.2. The molecule has 2 heterocycles. The van der Waals surface area contributed by atoms with Gasteiger partial charge in [0.2, 0.25) is 11.7 Å². The molecule has 2 aromatic heterocycles. The van der Waals surface area contributed by atoms with Gasteiger partial charge in [0.15, 0.2) is 6.61 Å². The van der Waals surface area contributed by atoms with Crippen molar-refractivity contribution in [2.75, 3.05) is 0 Å².